The Morgan fingerprint density at radius 2 is 2.36 bits per heavy atom. The third kappa shape index (κ3) is 1.61. The first-order valence-electron chi connectivity index (χ1n) is 3.06. The summed E-state index contributed by atoms with van der Waals surface area (Å²) in [6.45, 7) is -0.134. The minimum Gasteiger partial charge on any atom is -0.495 e. The standard InChI is InChI=1S/C7H8ClNO2/c1-11-7-3-9-2-6(8)5(7)4-10/h2-3,10H,4H2,1H3. The highest BCUT2D eigenvalue weighted by Crippen LogP contribution is 2.23. The normalized spacial score (nSPS) is 9.73. The maximum absolute atomic E-state index is 8.84. The Bertz CT molecular complexity index is 252. The number of hydrogen-bond acceptors (Lipinski definition) is 3. The van der Waals surface area contributed by atoms with E-state index < -0.39 is 0 Å². The Kier molecular flexibility index (Phi) is 2.68. The van der Waals surface area contributed by atoms with E-state index >= 15 is 0 Å². The number of nitrogens with zero attached hydrogens (tertiary/aromatic N) is 1. The molecule has 0 aliphatic carbocycles. The van der Waals surface area contributed by atoms with E-state index in [1.165, 1.54) is 19.5 Å². The van der Waals surface area contributed by atoms with E-state index in [1.807, 2.05) is 0 Å². The summed E-state index contributed by atoms with van der Waals surface area (Å²) in [5, 5.41) is 9.26. The number of hydrogen-bond donors (Lipinski definition) is 1. The van der Waals surface area contributed by atoms with Crippen molar-refractivity contribution in [2.75, 3.05) is 7.11 Å². The highest BCUT2D eigenvalue weighted by atomic mass is 35.5. The lowest BCUT2D eigenvalue weighted by molar-refractivity contribution is 0.273. The summed E-state index contributed by atoms with van der Waals surface area (Å²) in [6, 6.07) is 0. The number of aliphatic hydroxyl groups excluding tert-OH is 1. The Hall–Kier alpha value is -0.800. The van der Waals surface area contributed by atoms with Gasteiger partial charge in [0.2, 0.25) is 0 Å². The van der Waals surface area contributed by atoms with E-state index in [0.717, 1.165) is 0 Å². The van der Waals surface area contributed by atoms with E-state index in [1.54, 1.807) is 0 Å². The maximum Gasteiger partial charge on any atom is 0.144 e. The fourth-order valence-electron chi connectivity index (χ4n) is 0.773. The minimum atomic E-state index is -0.134. The number of ether oxygens (including phenoxy) is 1. The van der Waals surface area contributed by atoms with E-state index in [0.29, 0.717) is 16.3 Å². The van der Waals surface area contributed by atoms with Gasteiger partial charge in [-0.1, -0.05) is 11.6 Å². The predicted octanol–water partition coefficient (Wildman–Crippen LogP) is 1.24. The number of methoxy groups -OCH3 is 1. The van der Waals surface area contributed by atoms with Crippen LogP contribution < -0.4 is 4.74 Å². The van der Waals surface area contributed by atoms with Crippen LogP contribution >= 0.6 is 11.6 Å². The topological polar surface area (TPSA) is 42.4 Å². The summed E-state index contributed by atoms with van der Waals surface area (Å²) >= 11 is 5.71. The molecule has 0 radical (unpaired) electrons. The van der Waals surface area contributed by atoms with Gasteiger partial charge < -0.3 is 9.84 Å². The van der Waals surface area contributed by atoms with Gasteiger partial charge in [0.05, 0.1) is 24.9 Å². The molecule has 4 heteroatoms. The Labute approximate surface area is 69.6 Å². The number of aromatic nitrogens is 1. The van der Waals surface area contributed by atoms with Crippen LogP contribution in [0.2, 0.25) is 5.02 Å². The average Bonchev–Trinajstić information content (AvgIpc) is 2.04. The van der Waals surface area contributed by atoms with Gasteiger partial charge in [0.15, 0.2) is 0 Å². The summed E-state index contributed by atoms with van der Waals surface area (Å²) in [5.74, 6) is 0.514. The first-order chi connectivity index (χ1) is 5.29. The minimum absolute atomic E-state index is 0.134. The van der Waals surface area contributed by atoms with Crippen LogP contribution in [0.1, 0.15) is 5.56 Å². The van der Waals surface area contributed by atoms with Gasteiger partial charge in [0, 0.05) is 11.8 Å². The van der Waals surface area contributed by atoms with Crippen LogP contribution in [0.5, 0.6) is 5.75 Å². The van der Waals surface area contributed by atoms with Crippen LogP contribution in [-0.2, 0) is 6.61 Å². The monoisotopic (exact) mass is 173 g/mol. The predicted molar refractivity (Wildman–Crippen MR) is 41.7 cm³/mol. The molecule has 0 atom stereocenters. The lowest BCUT2D eigenvalue weighted by Crippen LogP contribution is -1.93. The summed E-state index contributed by atoms with van der Waals surface area (Å²) in [6.07, 6.45) is 2.98. The number of rotatable bonds is 2. The Balaban J connectivity index is 3.13. The first kappa shape index (κ1) is 8.30. The molecule has 0 saturated heterocycles. The molecule has 60 valence electrons. The van der Waals surface area contributed by atoms with Crippen LogP contribution in [0.4, 0.5) is 0 Å². The number of aliphatic hydroxyl groups is 1. The van der Waals surface area contributed by atoms with Crippen LogP contribution in [0.25, 0.3) is 0 Å². The van der Waals surface area contributed by atoms with Crippen molar-refractivity contribution in [3.05, 3.63) is 23.0 Å². The molecule has 0 aliphatic heterocycles. The SMILES string of the molecule is COc1cncc(Cl)c1CO. The molecule has 0 spiro atoms. The molecule has 0 aromatic carbocycles. The second kappa shape index (κ2) is 3.55. The zero-order chi connectivity index (χ0) is 8.27. The molecular formula is C7H8ClNO2. The average molecular weight is 174 g/mol. The largest absolute Gasteiger partial charge is 0.495 e. The van der Waals surface area contributed by atoms with Gasteiger partial charge in [0.1, 0.15) is 5.75 Å². The summed E-state index contributed by atoms with van der Waals surface area (Å²) in [5.41, 5.74) is 0.573. The molecule has 0 fully saturated rings. The quantitative estimate of drug-likeness (QED) is 0.732. The van der Waals surface area contributed by atoms with Crippen molar-refractivity contribution >= 4 is 11.6 Å². The third-order valence-corrected chi connectivity index (χ3v) is 1.67. The Morgan fingerprint density at radius 1 is 1.64 bits per heavy atom. The van der Waals surface area contributed by atoms with Gasteiger partial charge in [-0.2, -0.15) is 0 Å². The van der Waals surface area contributed by atoms with Crippen molar-refractivity contribution in [2.24, 2.45) is 0 Å². The fraction of sp³-hybridized carbons (Fsp3) is 0.286. The van der Waals surface area contributed by atoms with Crippen LogP contribution in [0, 0.1) is 0 Å². The molecule has 1 aromatic heterocycles. The highest BCUT2D eigenvalue weighted by Gasteiger charge is 2.05. The zero-order valence-electron chi connectivity index (χ0n) is 6.04. The van der Waals surface area contributed by atoms with E-state index in [9.17, 15) is 0 Å². The lowest BCUT2D eigenvalue weighted by Gasteiger charge is -2.05. The smallest absolute Gasteiger partial charge is 0.144 e. The van der Waals surface area contributed by atoms with Crippen molar-refractivity contribution < 1.29 is 9.84 Å². The molecule has 0 unspecified atom stereocenters. The number of halogens is 1. The van der Waals surface area contributed by atoms with Crippen molar-refractivity contribution in [1.29, 1.82) is 0 Å². The fourth-order valence-corrected chi connectivity index (χ4v) is 0.983. The van der Waals surface area contributed by atoms with E-state index in [2.05, 4.69) is 4.98 Å². The molecule has 0 aliphatic rings. The molecule has 0 amide bonds. The molecule has 0 saturated carbocycles. The maximum atomic E-state index is 8.84. The van der Waals surface area contributed by atoms with E-state index in [-0.39, 0.29) is 6.61 Å². The lowest BCUT2D eigenvalue weighted by atomic mass is 10.2. The van der Waals surface area contributed by atoms with Crippen molar-refractivity contribution in [1.82, 2.24) is 4.98 Å². The van der Waals surface area contributed by atoms with Crippen molar-refractivity contribution in [2.45, 2.75) is 6.61 Å². The third-order valence-electron chi connectivity index (χ3n) is 1.34. The van der Waals surface area contributed by atoms with Crippen molar-refractivity contribution in [3.8, 4) is 5.75 Å². The molecule has 1 N–H and O–H groups in total. The summed E-state index contributed by atoms with van der Waals surface area (Å²) < 4.78 is 4.91. The van der Waals surface area contributed by atoms with Crippen LogP contribution in [0.15, 0.2) is 12.4 Å². The molecule has 1 rings (SSSR count). The van der Waals surface area contributed by atoms with Gasteiger partial charge >= 0.3 is 0 Å². The van der Waals surface area contributed by atoms with Crippen LogP contribution in [-0.4, -0.2) is 17.2 Å². The molecule has 1 heterocycles. The Morgan fingerprint density at radius 3 is 2.82 bits per heavy atom. The first-order valence-corrected chi connectivity index (χ1v) is 3.44. The van der Waals surface area contributed by atoms with Crippen LogP contribution in [0.3, 0.4) is 0 Å². The van der Waals surface area contributed by atoms with Gasteiger partial charge in [0.25, 0.3) is 0 Å². The molecule has 0 bridgehead atoms. The molecule has 1 aromatic rings. The van der Waals surface area contributed by atoms with Crippen molar-refractivity contribution in [3.63, 3.8) is 0 Å². The highest BCUT2D eigenvalue weighted by molar-refractivity contribution is 6.31. The van der Waals surface area contributed by atoms with Gasteiger partial charge in [-0.3, -0.25) is 4.98 Å². The van der Waals surface area contributed by atoms with Gasteiger partial charge in [-0.25, -0.2) is 0 Å². The summed E-state index contributed by atoms with van der Waals surface area (Å²) in [7, 11) is 1.51. The van der Waals surface area contributed by atoms with E-state index in [4.69, 9.17) is 21.4 Å². The van der Waals surface area contributed by atoms with Gasteiger partial charge in [-0.15, -0.1) is 0 Å². The molecular weight excluding hydrogens is 166 g/mol. The number of pyridine rings is 1. The second-order valence-electron chi connectivity index (χ2n) is 1.96. The zero-order valence-corrected chi connectivity index (χ0v) is 6.80. The van der Waals surface area contributed by atoms with Gasteiger partial charge in [-0.05, 0) is 0 Å². The molecule has 11 heavy (non-hydrogen) atoms. The molecule has 3 nitrogen and oxygen atoms in total. The second-order valence-corrected chi connectivity index (χ2v) is 2.37. The summed E-state index contributed by atoms with van der Waals surface area (Å²) in [4.78, 5) is 3.80.